The first-order valence-corrected chi connectivity index (χ1v) is 23.8. The second-order valence-electron chi connectivity index (χ2n) is 18.0. The first kappa shape index (κ1) is 42.8. The third kappa shape index (κ3) is 8.22. The number of benzene rings is 9. The molecule has 12 aromatic rings. The topological polar surface area (TPSA) is 80.3 Å². The van der Waals surface area contributed by atoms with Crippen molar-refractivity contribution in [3.63, 3.8) is 0 Å². The van der Waals surface area contributed by atoms with Gasteiger partial charge in [0.1, 0.15) is 0 Å². The first-order chi connectivity index (χ1) is 34.9. The van der Waals surface area contributed by atoms with Crippen molar-refractivity contribution in [3.8, 4) is 102 Å². The zero-order valence-corrected chi connectivity index (χ0v) is 39.1. The van der Waals surface area contributed by atoms with E-state index in [-0.39, 0.29) is 0 Å². The number of aryl methyl sites for hydroxylation is 2. The van der Waals surface area contributed by atoms with Crippen LogP contribution in [0.25, 0.3) is 118 Å². The number of hydrogen-bond donors (Lipinski definition) is 0. The molecule has 3 heterocycles. The Bertz CT molecular complexity index is 3640. The van der Waals surface area contributed by atoms with E-state index in [0.717, 1.165) is 94.8 Å². The van der Waals surface area contributed by atoms with Crippen molar-refractivity contribution < 1.29 is 0 Å². The third-order valence-electron chi connectivity index (χ3n) is 13.1. The van der Waals surface area contributed by atoms with E-state index in [1.54, 1.807) is 0 Å². The van der Waals surface area contributed by atoms with Crippen LogP contribution < -0.4 is 0 Å². The maximum Gasteiger partial charge on any atom is 0.162 e. The van der Waals surface area contributed by atoms with Crippen LogP contribution in [0, 0.1) is 25.2 Å². The highest BCUT2D eigenvalue weighted by Crippen LogP contribution is 2.44. The van der Waals surface area contributed by atoms with Crippen LogP contribution in [-0.4, -0.2) is 24.5 Å². The molecule has 0 N–H and O–H groups in total. The summed E-state index contributed by atoms with van der Waals surface area (Å²) in [5, 5.41) is 13.2. The van der Waals surface area contributed by atoms with Gasteiger partial charge in [-0.1, -0.05) is 205 Å². The number of hydrogen-bond acceptors (Lipinski definition) is 5. The Morgan fingerprint density at radius 2 is 0.676 bits per heavy atom. The molecule has 6 heteroatoms. The van der Waals surface area contributed by atoms with E-state index in [9.17, 15) is 5.26 Å². The molecule has 0 aliphatic carbocycles. The molecule has 9 aromatic carbocycles. The van der Waals surface area contributed by atoms with E-state index in [1.807, 2.05) is 97.1 Å². The van der Waals surface area contributed by atoms with Gasteiger partial charge < -0.3 is 4.57 Å². The molecule has 12 rings (SSSR count). The van der Waals surface area contributed by atoms with Gasteiger partial charge >= 0.3 is 0 Å². The summed E-state index contributed by atoms with van der Waals surface area (Å²) >= 11 is 0. The lowest BCUT2D eigenvalue weighted by atomic mass is 9.98. The summed E-state index contributed by atoms with van der Waals surface area (Å²) in [6.07, 6.45) is 0. The fourth-order valence-electron chi connectivity index (χ4n) is 9.71. The van der Waals surface area contributed by atoms with Gasteiger partial charge in [-0.25, -0.2) is 19.9 Å². The molecule has 334 valence electrons. The first-order valence-electron chi connectivity index (χ1n) is 23.8. The number of rotatable bonds is 9. The Kier molecular flexibility index (Phi) is 10.9. The van der Waals surface area contributed by atoms with Crippen LogP contribution >= 0.6 is 0 Å². The lowest BCUT2D eigenvalue weighted by Gasteiger charge is -2.20. The number of nitrogens with zero attached hydrogens (tertiary/aromatic N) is 6. The Morgan fingerprint density at radius 1 is 0.338 bits per heavy atom. The molecule has 0 saturated carbocycles. The summed E-state index contributed by atoms with van der Waals surface area (Å²) in [5.41, 5.74) is 17.9. The average molecular weight is 909 g/mol. The van der Waals surface area contributed by atoms with Gasteiger partial charge in [-0.05, 0) is 72.5 Å². The third-order valence-corrected chi connectivity index (χ3v) is 13.1. The lowest BCUT2D eigenvalue weighted by molar-refractivity contribution is 1.12. The number of aromatic nitrogens is 5. The lowest BCUT2D eigenvalue weighted by Crippen LogP contribution is -2.07. The zero-order valence-electron chi connectivity index (χ0n) is 39.1. The molecule has 0 radical (unpaired) electrons. The quantitative estimate of drug-likeness (QED) is 0.144. The fourth-order valence-corrected chi connectivity index (χ4v) is 9.71. The van der Waals surface area contributed by atoms with E-state index >= 15 is 0 Å². The van der Waals surface area contributed by atoms with Gasteiger partial charge in [-0.2, -0.15) is 5.26 Å². The summed E-state index contributed by atoms with van der Waals surface area (Å²) in [7, 11) is 0. The van der Waals surface area contributed by atoms with Crippen LogP contribution in [-0.2, 0) is 0 Å². The number of nitriles is 1. The summed E-state index contributed by atoms with van der Waals surface area (Å²) in [5.74, 6) is 0.918. The van der Waals surface area contributed by atoms with E-state index in [0.29, 0.717) is 28.3 Å². The van der Waals surface area contributed by atoms with Crippen molar-refractivity contribution in [1.82, 2.24) is 24.5 Å². The monoisotopic (exact) mass is 908 g/mol. The molecule has 0 aliphatic heterocycles. The molecule has 6 nitrogen and oxygen atoms in total. The Labute approximate surface area is 412 Å². The van der Waals surface area contributed by atoms with Crippen LogP contribution in [0.4, 0.5) is 0 Å². The molecule has 0 atom stereocenters. The predicted molar refractivity (Wildman–Crippen MR) is 290 cm³/mol. The molecule has 0 unspecified atom stereocenters. The summed E-state index contributed by atoms with van der Waals surface area (Å²) in [6, 6.07) is 82.0. The summed E-state index contributed by atoms with van der Waals surface area (Å²) in [6.45, 7) is 4.25. The van der Waals surface area contributed by atoms with Crippen LogP contribution in [0.5, 0.6) is 0 Å². The van der Waals surface area contributed by atoms with Gasteiger partial charge in [-0.3, -0.25) is 0 Å². The fraction of sp³-hybridized carbons (Fsp3) is 0.0308. The van der Waals surface area contributed by atoms with E-state index in [4.69, 9.17) is 19.9 Å². The largest absolute Gasteiger partial charge is 0.308 e. The van der Waals surface area contributed by atoms with Crippen LogP contribution in [0.2, 0.25) is 0 Å². The summed E-state index contributed by atoms with van der Waals surface area (Å²) in [4.78, 5) is 21.8. The molecule has 0 saturated heterocycles. The van der Waals surface area contributed by atoms with E-state index < -0.39 is 0 Å². The molecule has 0 aliphatic rings. The zero-order chi connectivity index (χ0) is 47.8. The van der Waals surface area contributed by atoms with Gasteiger partial charge in [0, 0.05) is 44.2 Å². The second-order valence-corrected chi connectivity index (χ2v) is 18.0. The molecule has 3 aromatic heterocycles. The second kappa shape index (κ2) is 18.2. The molecular formula is C65H44N6. The highest BCUT2D eigenvalue weighted by atomic mass is 15.0. The maximum absolute atomic E-state index is 11.1. The molecule has 0 bridgehead atoms. The smallest absolute Gasteiger partial charge is 0.162 e. The predicted octanol–water partition coefficient (Wildman–Crippen LogP) is 16.2. The Morgan fingerprint density at radius 3 is 1.01 bits per heavy atom. The Balaban J connectivity index is 1.26. The van der Waals surface area contributed by atoms with Gasteiger partial charge in [-0.15, -0.1) is 0 Å². The van der Waals surface area contributed by atoms with Gasteiger partial charge in [0.15, 0.2) is 11.6 Å². The van der Waals surface area contributed by atoms with Crippen molar-refractivity contribution in [3.05, 3.63) is 247 Å². The van der Waals surface area contributed by atoms with Gasteiger partial charge in [0.2, 0.25) is 0 Å². The highest BCUT2D eigenvalue weighted by Gasteiger charge is 2.26. The summed E-state index contributed by atoms with van der Waals surface area (Å²) < 4.78 is 2.34. The molecule has 0 amide bonds. The Hall–Kier alpha value is -9.57. The van der Waals surface area contributed by atoms with Crippen LogP contribution in [0.1, 0.15) is 16.7 Å². The standard InChI is InChI=1S/C65H44N6/c1-42-17-15-27-49(33-42)51-29-31-53-54-32-30-52(50-28-16-18-43(2)34-50)38-62(54)71(61(53)37-51)63-55(64-67-57(45-19-7-3-8-20-45)39-58(68-64)46-21-9-4-10-22-46)35-44(41-66)36-56(63)65-69-59(47-23-11-5-12-24-47)40-60(70-65)48-25-13-6-14-26-48/h3-40H,1-2H3. The normalized spacial score (nSPS) is 11.2. The van der Waals surface area contributed by atoms with E-state index in [2.05, 4.69) is 158 Å². The van der Waals surface area contributed by atoms with Gasteiger partial charge in [0.25, 0.3) is 0 Å². The minimum Gasteiger partial charge on any atom is -0.308 e. The van der Waals surface area contributed by atoms with Crippen LogP contribution in [0.3, 0.4) is 0 Å². The minimum absolute atomic E-state index is 0.422. The van der Waals surface area contributed by atoms with Crippen molar-refractivity contribution in [2.24, 2.45) is 0 Å². The molecule has 0 fully saturated rings. The van der Waals surface area contributed by atoms with Crippen molar-refractivity contribution >= 4 is 21.8 Å². The minimum atomic E-state index is 0.422. The molecular weight excluding hydrogens is 865 g/mol. The van der Waals surface area contributed by atoms with Crippen molar-refractivity contribution in [2.45, 2.75) is 13.8 Å². The van der Waals surface area contributed by atoms with E-state index in [1.165, 1.54) is 11.1 Å². The van der Waals surface area contributed by atoms with Crippen molar-refractivity contribution in [2.75, 3.05) is 0 Å². The van der Waals surface area contributed by atoms with Gasteiger partial charge in [0.05, 0.1) is 51.1 Å². The van der Waals surface area contributed by atoms with Crippen molar-refractivity contribution in [1.29, 1.82) is 5.26 Å². The molecule has 71 heavy (non-hydrogen) atoms. The average Bonchev–Trinajstić information content (AvgIpc) is 3.76. The molecule has 0 spiro atoms. The highest BCUT2D eigenvalue weighted by molar-refractivity contribution is 6.12. The van der Waals surface area contributed by atoms with Crippen LogP contribution in [0.15, 0.2) is 231 Å². The SMILES string of the molecule is Cc1cccc(-c2ccc3c4ccc(-c5cccc(C)c5)cc4n(-c4c(-c5nc(-c6ccccc6)cc(-c6ccccc6)n5)cc(C#N)cc4-c4nc(-c5ccccc5)cc(-c5ccccc5)n4)c3c2)c1. The number of fused-ring (bicyclic) bond motifs is 3. The maximum atomic E-state index is 11.1.